The van der Waals surface area contributed by atoms with Crippen LogP contribution in [0.2, 0.25) is 0 Å². The SMILES string of the molecule is CCOC(=O)c1c(-c2cc3ccccc3nc2N2CC[C@@H](OC)C2)[nH]c(C)c(OC)c1=O. The number of H-pyrrole nitrogens is 1. The summed E-state index contributed by atoms with van der Waals surface area (Å²) < 4.78 is 16.0. The van der Waals surface area contributed by atoms with E-state index in [0.717, 1.165) is 23.9 Å². The summed E-state index contributed by atoms with van der Waals surface area (Å²) in [6.07, 6.45) is 0.963. The Morgan fingerprint density at radius 1 is 1.28 bits per heavy atom. The lowest BCUT2D eigenvalue weighted by Gasteiger charge is -2.23. The standard InChI is InChI=1S/C24H27N3O5/c1-5-32-24(29)19-20(25-14(2)22(31-4)21(19)28)17-12-15-8-6-7-9-18(15)26-23(17)27-11-10-16(13-27)30-3/h6-9,12,16H,5,10-11,13H2,1-4H3,(H,25,28)/t16-/m1/s1. The minimum atomic E-state index is -0.697. The van der Waals surface area contributed by atoms with Crippen LogP contribution in [0.1, 0.15) is 29.4 Å². The van der Waals surface area contributed by atoms with Gasteiger partial charge in [0, 0.05) is 31.1 Å². The molecule has 8 nitrogen and oxygen atoms in total. The molecular formula is C24H27N3O5. The molecule has 1 N–H and O–H groups in total. The van der Waals surface area contributed by atoms with E-state index in [0.29, 0.717) is 29.3 Å². The van der Waals surface area contributed by atoms with Gasteiger partial charge in [0.05, 0.1) is 36.7 Å². The number of nitrogens with zero attached hydrogens (tertiary/aromatic N) is 2. The van der Waals surface area contributed by atoms with Gasteiger partial charge in [0.15, 0.2) is 5.75 Å². The summed E-state index contributed by atoms with van der Waals surface area (Å²) in [6.45, 7) is 5.02. The van der Waals surface area contributed by atoms with Crippen molar-refractivity contribution >= 4 is 22.7 Å². The third kappa shape index (κ3) is 3.82. The van der Waals surface area contributed by atoms with E-state index in [1.54, 1.807) is 21.0 Å². The van der Waals surface area contributed by atoms with Crippen molar-refractivity contribution in [2.24, 2.45) is 0 Å². The number of pyridine rings is 2. The van der Waals surface area contributed by atoms with E-state index in [1.165, 1.54) is 7.11 Å². The molecule has 32 heavy (non-hydrogen) atoms. The maximum atomic E-state index is 13.2. The van der Waals surface area contributed by atoms with Crippen molar-refractivity contribution < 1.29 is 19.0 Å². The lowest BCUT2D eigenvalue weighted by Crippen LogP contribution is -2.26. The molecule has 1 fully saturated rings. The normalized spacial score (nSPS) is 15.9. The van der Waals surface area contributed by atoms with Crippen molar-refractivity contribution in [3.8, 4) is 17.0 Å². The van der Waals surface area contributed by atoms with Crippen molar-refractivity contribution in [3.63, 3.8) is 0 Å². The molecule has 0 bridgehead atoms. The van der Waals surface area contributed by atoms with E-state index in [4.69, 9.17) is 19.2 Å². The molecule has 2 aromatic heterocycles. The summed E-state index contributed by atoms with van der Waals surface area (Å²) in [5, 5.41) is 0.901. The average molecular weight is 437 g/mol. The number of methoxy groups -OCH3 is 2. The minimum absolute atomic E-state index is 0.0879. The van der Waals surface area contributed by atoms with Crippen LogP contribution in [0.25, 0.3) is 22.2 Å². The summed E-state index contributed by atoms with van der Waals surface area (Å²) in [6, 6.07) is 9.72. The van der Waals surface area contributed by atoms with Gasteiger partial charge >= 0.3 is 5.97 Å². The van der Waals surface area contributed by atoms with Gasteiger partial charge in [-0.1, -0.05) is 18.2 Å². The maximum Gasteiger partial charge on any atom is 0.344 e. The number of aryl methyl sites for hydroxylation is 1. The molecule has 1 aliphatic rings. The first kappa shape index (κ1) is 21.8. The number of para-hydroxylation sites is 1. The maximum absolute atomic E-state index is 13.2. The lowest BCUT2D eigenvalue weighted by atomic mass is 10.0. The molecule has 3 aromatic rings. The number of nitrogens with one attached hydrogen (secondary N) is 1. The summed E-state index contributed by atoms with van der Waals surface area (Å²) >= 11 is 0. The number of fused-ring (bicyclic) bond motifs is 1. The first-order chi connectivity index (χ1) is 15.5. The van der Waals surface area contributed by atoms with E-state index in [2.05, 4.69) is 9.88 Å². The topological polar surface area (TPSA) is 93.8 Å². The molecule has 0 radical (unpaired) electrons. The molecule has 168 valence electrons. The van der Waals surface area contributed by atoms with E-state index in [-0.39, 0.29) is 24.0 Å². The summed E-state index contributed by atoms with van der Waals surface area (Å²) in [5.74, 6) is 0.0825. The molecule has 1 atom stereocenters. The number of carbonyl (C=O) groups excluding carboxylic acids is 1. The first-order valence-corrected chi connectivity index (χ1v) is 10.6. The van der Waals surface area contributed by atoms with E-state index >= 15 is 0 Å². The van der Waals surface area contributed by atoms with Crippen molar-refractivity contribution in [3.05, 3.63) is 51.8 Å². The largest absolute Gasteiger partial charge is 0.491 e. The molecule has 0 saturated carbocycles. The molecule has 0 amide bonds. The minimum Gasteiger partial charge on any atom is -0.491 e. The van der Waals surface area contributed by atoms with Crippen molar-refractivity contribution in [2.75, 3.05) is 38.8 Å². The number of aromatic amines is 1. The Labute approximate surface area is 186 Å². The van der Waals surface area contributed by atoms with Gasteiger partial charge in [-0.2, -0.15) is 0 Å². The highest BCUT2D eigenvalue weighted by Gasteiger charge is 2.30. The number of esters is 1. The molecular weight excluding hydrogens is 410 g/mol. The number of aromatic nitrogens is 2. The van der Waals surface area contributed by atoms with Crippen LogP contribution in [0.15, 0.2) is 35.1 Å². The van der Waals surface area contributed by atoms with E-state index < -0.39 is 11.4 Å². The average Bonchev–Trinajstić information content (AvgIpc) is 3.27. The van der Waals surface area contributed by atoms with E-state index in [9.17, 15) is 9.59 Å². The smallest absolute Gasteiger partial charge is 0.344 e. The zero-order valence-electron chi connectivity index (χ0n) is 18.7. The zero-order chi connectivity index (χ0) is 22.8. The molecule has 0 spiro atoms. The Bertz CT molecular complexity index is 1220. The van der Waals surface area contributed by atoms with Crippen molar-refractivity contribution in [2.45, 2.75) is 26.4 Å². The van der Waals surface area contributed by atoms with Gasteiger partial charge in [0.1, 0.15) is 11.4 Å². The first-order valence-electron chi connectivity index (χ1n) is 10.6. The number of hydrogen-bond acceptors (Lipinski definition) is 7. The van der Waals surface area contributed by atoms with Crippen molar-refractivity contribution in [1.82, 2.24) is 9.97 Å². The van der Waals surface area contributed by atoms with E-state index in [1.807, 2.05) is 30.3 Å². The van der Waals surface area contributed by atoms with Gasteiger partial charge in [-0.25, -0.2) is 9.78 Å². The lowest BCUT2D eigenvalue weighted by molar-refractivity contribution is 0.0525. The fraction of sp³-hybridized carbons (Fsp3) is 0.375. The second-order valence-electron chi connectivity index (χ2n) is 7.73. The highest BCUT2D eigenvalue weighted by Crippen LogP contribution is 2.35. The summed E-state index contributed by atoms with van der Waals surface area (Å²) in [4.78, 5) is 36.4. The van der Waals surface area contributed by atoms with Crippen LogP contribution in [0.3, 0.4) is 0 Å². The third-order valence-corrected chi connectivity index (χ3v) is 5.77. The molecule has 3 heterocycles. The molecule has 0 unspecified atom stereocenters. The fourth-order valence-corrected chi connectivity index (χ4v) is 4.19. The number of anilines is 1. The molecule has 1 aromatic carbocycles. The van der Waals surface area contributed by atoms with Crippen LogP contribution >= 0.6 is 0 Å². The number of rotatable bonds is 6. The van der Waals surface area contributed by atoms with Gasteiger partial charge in [0.25, 0.3) is 0 Å². The van der Waals surface area contributed by atoms with Gasteiger partial charge in [-0.15, -0.1) is 0 Å². The van der Waals surface area contributed by atoms with Gasteiger partial charge in [0.2, 0.25) is 5.43 Å². The predicted octanol–water partition coefficient (Wildman–Crippen LogP) is 3.31. The number of benzene rings is 1. The molecule has 1 aliphatic heterocycles. The van der Waals surface area contributed by atoms with Crippen LogP contribution in [0.4, 0.5) is 5.82 Å². The van der Waals surface area contributed by atoms with Gasteiger partial charge in [-0.05, 0) is 32.4 Å². The quantitative estimate of drug-likeness (QED) is 0.591. The van der Waals surface area contributed by atoms with Crippen LogP contribution in [0, 0.1) is 6.92 Å². The van der Waals surface area contributed by atoms with Gasteiger partial charge in [-0.3, -0.25) is 4.79 Å². The Kier molecular flexibility index (Phi) is 6.14. The molecule has 4 rings (SSSR count). The number of ether oxygens (including phenoxy) is 3. The fourth-order valence-electron chi connectivity index (χ4n) is 4.19. The predicted molar refractivity (Wildman–Crippen MR) is 123 cm³/mol. The van der Waals surface area contributed by atoms with Crippen LogP contribution in [0.5, 0.6) is 5.75 Å². The summed E-state index contributed by atoms with van der Waals surface area (Å²) in [5.41, 5.74) is 1.79. The van der Waals surface area contributed by atoms with Gasteiger partial charge < -0.3 is 24.1 Å². The van der Waals surface area contributed by atoms with Crippen LogP contribution in [-0.4, -0.2) is 56.0 Å². The second-order valence-corrected chi connectivity index (χ2v) is 7.73. The highest BCUT2D eigenvalue weighted by atomic mass is 16.5. The second kappa shape index (κ2) is 9.00. The summed E-state index contributed by atoms with van der Waals surface area (Å²) in [7, 11) is 3.11. The Hall–Kier alpha value is -3.39. The number of hydrogen-bond donors (Lipinski definition) is 1. The Balaban J connectivity index is 2.01. The highest BCUT2D eigenvalue weighted by molar-refractivity contribution is 6.00. The molecule has 1 saturated heterocycles. The Morgan fingerprint density at radius 3 is 2.75 bits per heavy atom. The van der Waals surface area contributed by atoms with Crippen LogP contribution < -0.4 is 15.1 Å². The molecule has 0 aliphatic carbocycles. The number of carbonyl (C=O) groups is 1. The van der Waals surface area contributed by atoms with Crippen LogP contribution in [-0.2, 0) is 9.47 Å². The molecule has 8 heteroatoms. The third-order valence-electron chi connectivity index (χ3n) is 5.77. The Morgan fingerprint density at radius 2 is 2.06 bits per heavy atom. The zero-order valence-corrected chi connectivity index (χ0v) is 18.7. The van der Waals surface area contributed by atoms with Crippen molar-refractivity contribution in [1.29, 1.82) is 0 Å². The monoisotopic (exact) mass is 437 g/mol.